The summed E-state index contributed by atoms with van der Waals surface area (Å²) >= 11 is 0. The van der Waals surface area contributed by atoms with Crippen LogP contribution in [0.4, 0.5) is 22.0 Å². The molecule has 9 heteroatoms. The summed E-state index contributed by atoms with van der Waals surface area (Å²) in [7, 11) is 0. The number of aryl methyl sites for hydroxylation is 1. The average Bonchev–Trinajstić information content (AvgIpc) is 2.41. The van der Waals surface area contributed by atoms with E-state index in [0.29, 0.717) is 5.56 Å². The van der Waals surface area contributed by atoms with Gasteiger partial charge < -0.3 is 15.6 Å². The zero-order valence-electron chi connectivity index (χ0n) is 11.4. The molecule has 0 saturated heterocycles. The van der Waals surface area contributed by atoms with E-state index in [9.17, 15) is 14.9 Å². The SMILES string of the molecule is Cc1ccc(NC(=O)O)cc1Oc1ccnc(N)c1[N+](=O)[O-]. The number of nitrogens with two attached hydrogens (primary N) is 1. The lowest BCUT2D eigenvalue weighted by Gasteiger charge is -2.11. The van der Waals surface area contributed by atoms with Crippen molar-refractivity contribution in [1.82, 2.24) is 4.98 Å². The maximum absolute atomic E-state index is 11.0. The largest absolute Gasteiger partial charge is 0.465 e. The zero-order valence-corrected chi connectivity index (χ0v) is 11.4. The summed E-state index contributed by atoms with van der Waals surface area (Å²) in [6.07, 6.45) is 0.0562. The molecule has 0 radical (unpaired) electrons. The Morgan fingerprint density at radius 2 is 2.14 bits per heavy atom. The van der Waals surface area contributed by atoms with Crippen LogP contribution in [-0.4, -0.2) is 21.1 Å². The number of nitro groups is 1. The highest BCUT2D eigenvalue weighted by atomic mass is 16.6. The number of aromatic nitrogens is 1. The maximum atomic E-state index is 11.0. The molecule has 0 bridgehead atoms. The minimum atomic E-state index is -1.23. The number of nitrogen functional groups attached to an aromatic ring is 1. The van der Waals surface area contributed by atoms with Crippen LogP contribution in [0.25, 0.3) is 0 Å². The van der Waals surface area contributed by atoms with E-state index >= 15 is 0 Å². The number of hydrogen-bond donors (Lipinski definition) is 3. The first kappa shape index (κ1) is 15.0. The van der Waals surface area contributed by atoms with E-state index in [1.54, 1.807) is 19.1 Å². The van der Waals surface area contributed by atoms with Crippen molar-refractivity contribution in [1.29, 1.82) is 0 Å². The molecule has 114 valence electrons. The van der Waals surface area contributed by atoms with Gasteiger partial charge in [0.15, 0.2) is 0 Å². The lowest BCUT2D eigenvalue weighted by Crippen LogP contribution is -2.07. The molecule has 0 saturated carbocycles. The second-order valence-corrected chi connectivity index (χ2v) is 4.31. The fourth-order valence-corrected chi connectivity index (χ4v) is 1.75. The number of amides is 1. The molecule has 0 aliphatic carbocycles. The number of hydrogen-bond acceptors (Lipinski definition) is 6. The molecule has 22 heavy (non-hydrogen) atoms. The summed E-state index contributed by atoms with van der Waals surface area (Å²) in [5.74, 6) is -0.0759. The fourth-order valence-electron chi connectivity index (χ4n) is 1.75. The summed E-state index contributed by atoms with van der Waals surface area (Å²) in [6, 6.07) is 5.90. The minimum Gasteiger partial charge on any atom is -0.465 e. The number of pyridine rings is 1. The number of anilines is 2. The Morgan fingerprint density at radius 1 is 1.41 bits per heavy atom. The third-order valence-electron chi connectivity index (χ3n) is 2.76. The van der Waals surface area contributed by atoms with Gasteiger partial charge in [-0.15, -0.1) is 0 Å². The first-order chi connectivity index (χ1) is 10.4. The van der Waals surface area contributed by atoms with Crippen molar-refractivity contribution in [3.05, 3.63) is 46.1 Å². The van der Waals surface area contributed by atoms with Crippen LogP contribution in [0.15, 0.2) is 30.5 Å². The van der Waals surface area contributed by atoms with Crippen molar-refractivity contribution in [2.45, 2.75) is 6.92 Å². The van der Waals surface area contributed by atoms with Gasteiger partial charge in [0.2, 0.25) is 11.6 Å². The van der Waals surface area contributed by atoms with Crippen LogP contribution in [0.1, 0.15) is 5.56 Å². The monoisotopic (exact) mass is 304 g/mol. The van der Waals surface area contributed by atoms with Crippen LogP contribution in [0, 0.1) is 17.0 Å². The smallest absolute Gasteiger partial charge is 0.409 e. The van der Waals surface area contributed by atoms with Gasteiger partial charge in [0.05, 0.1) is 4.92 Å². The number of nitrogens with one attached hydrogen (secondary N) is 1. The van der Waals surface area contributed by atoms with Gasteiger partial charge >= 0.3 is 11.8 Å². The van der Waals surface area contributed by atoms with Gasteiger partial charge in [-0.1, -0.05) is 6.07 Å². The van der Waals surface area contributed by atoms with Crippen molar-refractivity contribution >= 4 is 23.3 Å². The zero-order chi connectivity index (χ0) is 16.3. The Kier molecular flexibility index (Phi) is 4.07. The normalized spacial score (nSPS) is 10.0. The van der Waals surface area contributed by atoms with Crippen molar-refractivity contribution in [3.63, 3.8) is 0 Å². The third-order valence-corrected chi connectivity index (χ3v) is 2.76. The molecule has 0 unspecified atom stereocenters. The van der Waals surface area contributed by atoms with E-state index in [4.69, 9.17) is 15.6 Å². The van der Waals surface area contributed by atoms with Crippen molar-refractivity contribution < 1.29 is 19.6 Å². The Morgan fingerprint density at radius 3 is 2.77 bits per heavy atom. The summed E-state index contributed by atoms with van der Waals surface area (Å²) < 4.78 is 5.51. The molecule has 2 aromatic rings. The molecular formula is C13H12N4O5. The molecule has 0 atom stereocenters. The lowest BCUT2D eigenvalue weighted by atomic mass is 10.2. The highest BCUT2D eigenvalue weighted by Crippen LogP contribution is 2.36. The standard InChI is InChI=1S/C13H12N4O5/c1-7-2-3-8(16-13(18)19)6-10(7)22-9-4-5-15-12(14)11(9)17(20)21/h2-6,16H,1H3,(H2,14,15)(H,18,19). The van der Waals surface area contributed by atoms with E-state index < -0.39 is 16.7 Å². The second kappa shape index (κ2) is 5.95. The fraction of sp³-hybridized carbons (Fsp3) is 0.0769. The van der Waals surface area contributed by atoms with Gasteiger partial charge in [-0.3, -0.25) is 15.4 Å². The van der Waals surface area contributed by atoms with Gasteiger partial charge in [0, 0.05) is 24.0 Å². The third kappa shape index (κ3) is 3.20. The van der Waals surface area contributed by atoms with Crippen LogP contribution in [0.5, 0.6) is 11.5 Å². The van der Waals surface area contributed by atoms with Gasteiger partial charge in [-0.25, -0.2) is 9.78 Å². The van der Waals surface area contributed by atoms with Crippen molar-refractivity contribution in [3.8, 4) is 11.5 Å². The first-order valence-corrected chi connectivity index (χ1v) is 6.06. The molecule has 1 amide bonds. The predicted molar refractivity (Wildman–Crippen MR) is 78.2 cm³/mol. The molecule has 0 fully saturated rings. The van der Waals surface area contributed by atoms with Crippen LogP contribution in [0.3, 0.4) is 0 Å². The van der Waals surface area contributed by atoms with E-state index in [1.807, 2.05) is 0 Å². The molecule has 0 spiro atoms. The molecule has 1 heterocycles. The highest BCUT2D eigenvalue weighted by Gasteiger charge is 2.21. The average molecular weight is 304 g/mol. The van der Waals surface area contributed by atoms with Crippen LogP contribution >= 0.6 is 0 Å². The summed E-state index contributed by atoms with van der Waals surface area (Å²) in [6.45, 7) is 1.72. The van der Waals surface area contributed by atoms with Crippen LogP contribution < -0.4 is 15.8 Å². The Labute approximate surface area is 124 Å². The molecule has 1 aromatic heterocycles. The molecule has 9 nitrogen and oxygen atoms in total. The molecule has 1 aromatic carbocycles. The lowest BCUT2D eigenvalue weighted by molar-refractivity contribution is -0.384. The Hall–Kier alpha value is -3.36. The minimum absolute atomic E-state index is 0.0759. The molecule has 2 rings (SSSR count). The second-order valence-electron chi connectivity index (χ2n) is 4.31. The Balaban J connectivity index is 2.41. The van der Waals surface area contributed by atoms with Crippen LogP contribution in [0.2, 0.25) is 0 Å². The number of nitrogens with zero attached hydrogens (tertiary/aromatic N) is 2. The number of rotatable bonds is 4. The van der Waals surface area contributed by atoms with E-state index in [2.05, 4.69) is 10.3 Å². The highest BCUT2D eigenvalue weighted by molar-refractivity contribution is 5.83. The van der Waals surface area contributed by atoms with Crippen LogP contribution in [-0.2, 0) is 0 Å². The summed E-state index contributed by atoms with van der Waals surface area (Å²) in [5.41, 5.74) is 5.98. The van der Waals surface area contributed by atoms with E-state index in [0.717, 1.165) is 0 Å². The first-order valence-electron chi connectivity index (χ1n) is 6.06. The quantitative estimate of drug-likeness (QED) is 0.582. The molecule has 4 N–H and O–H groups in total. The maximum Gasteiger partial charge on any atom is 0.409 e. The summed E-state index contributed by atoms with van der Waals surface area (Å²) in [5, 5.41) is 21.9. The number of carboxylic acid groups (broad SMARTS) is 1. The number of ether oxygens (including phenoxy) is 1. The van der Waals surface area contributed by atoms with Crippen molar-refractivity contribution in [2.24, 2.45) is 0 Å². The topological polar surface area (TPSA) is 141 Å². The molecular weight excluding hydrogens is 292 g/mol. The van der Waals surface area contributed by atoms with Gasteiger partial charge in [-0.05, 0) is 18.6 Å². The molecule has 0 aliphatic heterocycles. The number of benzene rings is 1. The van der Waals surface area contributed by atoms with Gasteiger partial charge in [0.1, 0.15) is 5.75 Å². The van der Waals surface area contributed by atoms with Crippen molar-refractivity contribution in [2.75, 3.05) is 11.1 Å². The summed E-state index contributed by atoms with van der Waals surface area (Å²) in [4.78, 5) is 24.7. The van der Waals surface area contributed by atoms with E-state index in [-0.39, 0.29) is 23.0 Å². The van der Waals surface area contributed by atoms with E-state index in [1.165, 1.54) is 18.3 Å². The predicted octanol–water partition coefficient (Wildman–Crippen LogP) is 2.76. The Bertz CT molecular complexity index is 747. The number of carbonyl (C=O) groups is 1. The van der Waals surface area contributed by atoms with Gasteiger partial charge in [0.25, 0.3) is 0 Å². The molecule has 0 aliphatic rings. The van der Waals surface area contributed by atoms with Gasteiger partial charge in [-0.2, -0.15) is 0 Å².